The van der Waals surface area contributed by atoms with Gasteiger partial charge in [0.2, 0.25) is 0 Å². The molecule has 4 rings (SSSR count). The molecular weight excluding hydrogens is 349 g/mol. The SMILES string of the molecule is O=C1NCC2CN(Cc3ccc(-c4cccc(Cl)c4Cl)o3)CCN12. The molecule has 0 aliphatic carbocycles. The molecule has 0 bridgehead atoms. The summed E-state index contributed by atoms with van der Waals surface area (Å²) >= 11 is 12.3. The predicted molar refractivity (Wildman–Crippen MR) is 93.3 cm³/mol. The minimum atomic E-state index is 0.0514. The first-order chi connectivity index (χ1) is 11.6. The van der Waals surface area contributed by atoms with Crippen LogP contribution in [0.2, 0.25) is 10.0 Å². The topological polar surface area (TPSA) is 48.7 Å². The van der Waals surface area contributed by atoms with Gasteiger partial charge in [-0.05, 0) is 24.3 Å². The van der Waals surface area contributed by atoms with Gasteiger partial charge in [0.05, 0.1) is 22.6 Å². The maximum atomic E-state index is 11.6. The van der Waals surface area contributed by atoms with Crippen molar-refractivity contribution in [3.63, 3.8) is 0 Å². The van der Waals surface area contributed by atoms with E-state index in [4.69, 9.17) is 27.6 Å². The van der Waals surface area contributed by atoms with Gasteiger partial charge in [0.25, 0.3) is 0 Å². The fraction of sp³-hybridized carbons (Fsp3) is 0.353. The van der Waals surface area contributed by atoms with Gasteiger partial charge >= 0.3 is 6.03 Å². The Morgan fingerprint density at radius 3 is 2.96 bits per heavy atom. The molecule has 2 aliphatic rings. The second-order valence-electron chi connectivity index (χ2n) is 6.14. The molecule has 7 heteroatoms. The van der Waals surface area contributed by atoms with Gasteiger partial charge in [0.15, 0.2) is 0 Å². The lowest BCUT2D eigenvalue weighted by Crippen LogP contribution is -2.51. The van der Waals surface area contributed by atoms with Gasteiger partial charge in [-0.2, -0.15) is 0 Å². The molecular formula is C17H17Cl2N3O2. The molecule has 0 spiro atoms. The van der Waals surface area contributed by atoms with Crippen molar-refractivity contribution < 1.29 is 9.21 Å². The minimum absolute atomic E-state index is 0.0514. The number of benzene rings is 1. The van der Waals surface area contributed by atoms with Crippen LogP contribution in [0.15, 0.2) is 34.7 Å². The molecule has 1 aromatic carbocycles. The highest BCUT2D eigenvalue weighted by Gasteiger charge is 2.35. The van der Waals surface area contributed by atoms with Crippen LogP contribution in [0.5, 0.6) is 0 Å². The van der Waals surface area contributed by atoms with Crippen molar-refractivity contribution in [1.82, 2.24) is 15.1 Å². The second-order valence-corrected chi connectivity index (χ2v) is 6.92. The highest BCUT2D eigenvalue weighted by Crippen LogP contribution is 2.34. The average molecular weight is 366 g/mol. The number of hydrogen-bond donors (Lipinski definition) is 1. The van der Waals surface area contributed by atoms with Crippen LogP contribution >= 0.6 is 23.2 Å². The van der Waals surface area contributed by atoms with Crippen molar-refractivity contribution >= 4 is 29.2 Å². The molecule has 5 nitrogen and oxygen atoms in total. The van der Waals surface area contributed by atoms with Crippen molar-refractivity contribution in [2.24, 2.45) is 0 Å². The average Bonchev–Trinajstić information content (AvgIpc) is 3.17. The first kappa shape index (κ1) is 15.8. The fourth-order valence-electron chi connectivity index (χ4n) is 3.33. The molecule has 1 unspecified atom stereocenters. The fourth-order valence-corrected chi connectivity index (χ4v) is 3.73. The number of nitrogens with zero attached hydrogens (tertiary/aromatic N) is 2. The summed E-state index contributed by atoms with van der Waals surface area (Å²) in [5.41, 5.74) is 0.797. The molecule has 2 amide bonds. The standard InChI is InChI=1S/C17H17Cl2N3O2/c18-14-3-1-2-13(16(14)19)15-5-4-12(24-15)10-21-6-7-22-11(9-21)8-20-17(22)23/h1-5,11H,6-10H2,(H,20,23). The number of fused-ring (bicyclic) bond motifs is 1. The van der Waals surface area contributed by atoms with E-state index in [0.29, 0.717) is 15.8 Å². The Labute approximate surface area is 150 Å². The molecule has 0 radical (unpaired) electrons. The molecule has 2 aliphatic heterocycles. The molecule has 3 heterocycles. The molecule has 2 fully saturated rings. The summed E-state index contributed by atoms with van der Waals surface area (Å²) in [6, 6.07) is 9.70. The van der Waals surface area contributed by atoms with E-state index in [-0.39, 0.29) is 12.1 Å². The number of piperazine rings is 1. The van der Waals surface area contributed by atoms with Crippen LogP contribution in [0.4, 0.5) is 4.79 Å². The van der Waals surface area contributed by atoms with Crippen LogP contribution in [0.25, 0.3) is 11.3 Å². The van der Waals surface area contributed by atoms with Gasteiger partial charge in [-0.3, -0.25) is 4.90 Å². The quantitative estimate of drug-likeness (QED) is 0.905. The maximum absolute atomic E-state index is 11.6. The lowest BCUT2D eigenvalue weighted by molar-refractivity contribution is 0.111. The summed E-state index contributed by atoms with van der Waals surface area (Å²) in [5, 5.41) is 3.91. The third-order valence-electron chi connectivity index (χ3n) is 4.57. The Morgan fingerprint density at radius 2 is 2.08 bits per heavy atom. The van der Waals surface area contributed by atoms with Gasteiger partial charge in [-0.1, -0.05) is 29.3 Å². The number of hydrogen-bond acceptors (Lipinski definition) is 3. The number of rotatable bonds is 3. The summed E-state index contributed by atoms with van der Waals surface area (Å²) in [6.45, 7) is 3.89. The molecule has 1 atom stereocenters. The molecule has 24 heavy (non-hydrogen) atoms. The number of halogens is 2. The molecule has 1 N–H and O–H groups in total. The number of furan rings is 1. The van der Waals surface area contributed by atoms with E-state index in [1.807, 2.05) is 29.2 Å². The molecule has 2 aromatic rings. The van der Waals surface area contributed by atoms with E-state index >= 15 is 0 Å². The van der Waals surface area contributed by atoms with Gasteiger partial charge < -0.3 is 14.6 Å². The molecule has 0 saturated carbocycles. The molecule has 126 valence electrons. The highest BCUT2D eigenvalue weighted by molar-refractivity contribution is 6.43. The van der Waals surface area contributed by atoms with E-state index in [0.717, 1.165) is 44.0 Å². The minimum Gasteiger partial charge on any atom is -0.460 e. The maximum Gasteiger partial charge on any atom is 0.317 e. The van der Waals surface area contributed by atoms with E-state index in [1.54, 1.807) is 6.07 Å². The Kier molecular flexibility index (Phi) is 4.16. The van der Waals surface area contributed by atoms with Crippen LogP contribution in [0.1, 0.15) is 5.76 Å². The Bertz CT molecular complexity index is 777. The van der Waals surface area contributed by atoms with Crippen molar-refractivity contribution in [3.8, 4) is 11.3 Å². The van der Waals surface area contributed by atoms with Gasteiger partial charge in [0, 0.05) is 31.7 Å². The van der Waals surface area contributed by atoms with Crippen molar-refractivity contribution in [2.75, 3.05) is 26.2 Å². The Morgan fingerprint density at radius 1 is 1.21 bits per heavy atom. The largest absolute Gasteiger partial charge is 0.460 e. The van der Waals surface area contributed by atoms with Crippen molar-refractivity contribution in [3.05, 3.63) is 46.1 Å². The summed E-state index contributed by atoms with van der Waals surface area (Å²) in [4.78, 5) is 15.9. The number of nitrogens with one attached hydrogen (secondary N) is 1. The summed E-state index contributed by atoms with van der Waals surface area (Å²) in [5.74, 6) is 1.60. The first-order valence-corrected chi connectivity index (χ1v) is 8.67. The lowest BCUT2D eigenvalue weighted by Gasteiger charge is -2.35. The Hall–Kier alpha value is -1.69. The predicted octanol–water partition coefficient (Wildman–Crippen LogP) is 3.46. The first-order valence-electron chi connectivity index (χ1n) is 7.92. The van der Waals surface area contributed by atoms with Gasteiger partial charge in [0.1, 0.15) is 11.5 Å². The summed E-state index contributed by atoms with van der Waals surface area (Å²) in [7, 11) is 0. The summed E-state index contributed by atoms with van der Waals surface area (Å²) < 4.78 is 5.96. The smallest absolute Gasteiger partial charge is 0.317 e. The van der Waals surface area contributed by atoms with Crippen LogP contribution in [0, 0.1) is 0 Å². The number of amides is 2. The zero-order chi connectivity index (χ0) is 16.7. The van der Waals surface area contributed by atoms with Gasteiger partial charge in [-0.25, -0.2) is 4.79 Å². The number of carbonyl (C=O) groups excluding carboxylic acids is 1. The highest BCUT2D eigenvalue weighted by atomic mass is 35.5. The lowest BCUT2D eigenvalue weighted by atomic mass is 10.2. The third kappa shape index (κ3) is 2.88. The Balaban J connectivity index is 1.46. The van der Waals surface area contributed by atoms with Crippen molar-refractivity contribution in [1.29, 1.82) is 0 Å². The van der Waals surface area contributed by atoms with Crippen LogP contribution in [-0.4, -0.2) is 48.1 Å². The number of urea groups is 1. The van der Waals surface area contributed by atoms with Crippen LogP contribution in [-0.2, 0) is 6.54 Å². The van der Waals surface area contributed by atoms with E-state index in [1.165, 1.54) is 0 Å². The van der Waals surface area contributed by atoms with Crippen LogP contribution in [0.3, 0.4) is 0 Å². The van der Waals surface area contributed by atoms with E-state index < -0.39 is 0 Å². The number of carbonyl (C=O) groups is 1. The van der Waals surface area contributed by atoms with Crippen LogP contribution < -0.4 is 5.32 Å². The summed E-state index contributed by atoms with van der Waals surface area (Å²) in [6.07, 6.45) is 0. The van der Waals surface area contributed by atoms with Crippen molar-refractivity contribution in [2.45, 2.75) is 12.6 Å². The normalized spacial score (nSPS) is 21.0. The monoisotopic (exact) mass is 365 g/mol. The van der Waals surface area contributed by atoms with E-state index in [2.05, 4.69) is 10.2 Å². The third-order valence-corrected chi connectivity index (χ3v) is 5.39. The second kappa shape index (κ2) is 6.31. The molecule has 2 saturated heterocycles. The van der Waals surface area contributed by atoms with E-state index in [9.17, 15) is 4.79 Å². The van der Waals surface area contributed by atoms with Gasteiger partial charge in [-0.15, -0.1) is 0 Å². The zero-order valence-electron chi connectivity index (χ0n) is 13.0. The molecule has 1 aromatic heterocycles. The zero-order valence-corrected chi connectivity index (χ0v) is 14.5.